The molecule has 1 aromatic carbocycles. The highest BCUT2D eigenvalue weighted by Gasteiger charge is 2.29. The van der Waals surface area contributed by atoms with Gasteiger partial charge in [-0.15, -0.1) is 0 Å². The fourth-order valence-corrected chi connectivity index (χ4v) is 2.51. The molecule has 0 aliphatic heterocycles. The molecule has 1 aliphatic rings. The van der Waals surface area contributed by atoms with Crippen LogP contribution in [0.3, 0.4) is 0 Å². The predicted molar refractivity (Wildman–Crippen MR) is 95.0 cm³/mol. The lowest BCUT2D eigenvalue weighted by molar-refractivity contribution is -0.117. The summed E-state index contributed by atoms with van der Waals surface area (Å²) in [5, 5.41) is 10.4. The molecule has 7 heteroatoms. The Labute approximate surface area is 145 Å². The monoisotopic (exact) mass is 334 g/mol. The van der Waals surface area contributed by atoms with Gasteiger partial charge in [-0.25, -0.2) is 14.6 Å². The highest BCUT2D eigenvalue weighted by atomic mass is 16.2. The van der Waals surface area contributed by atoms with Gasteiger partial charge in [0.25, 0.3) is 0 Å². The second-order valence-electron chi connectivity index (χ2n) is 6.08. The normalized spacial score (nSPS) is 13.5. The first-order chi connectivity index (χ1) is 12.2. The van der Waals surface area contributed by atoms with Gasteiger partial charge in [0.05, 0.1) is 0 Å². The van der Waals surface area contributed by atoms with Crippen molar-refractivity contribution >= 4 is 23.1 Å². The van der Waals surface area contributed by atoms with E-state index in [1.165, 1.54) is 0 Å². The summed E-state index contributed by atoms with van der Waals surface area (Å²) in [6.07, 6.45) is 5.54. The van der Waals surface area contributed by atoms with E-state index < -0.39 is 0 Å². The minimum absolute atomic E-state index is 0.107. The van der Waals surface area contributed by atoms with Crippen molar-refractivity contribution in [1.82, 2.24) is 19.7 Å². The highest BCUT2D eigenvalue weighted by Crippen LogP contribution is 2.30. The zero-order valence-electron chi connectivity index (χ0n) is 13.8. The minimum atomic E-state index is 0.107. The molecule has 2 heterocycles. The Kier molecular flexibility index (Phi) is 3.89. The van der Waals surface area contributed by atoms with Gasteiger partial charge in [-0.2, -0.15) is 5.10 Å². The van der Waals surface area contributed by atoms with Crippen LogP contribution in [0.2, 0.25) is 0 Å². The number of anilines is 3. The van der Waals surface area contributed by atoms with Crippen LogP contribution in [0, 0.1) is 12.8 Å². The quantitative estimate of drug-likeness (QED) is 0.749. The molecule has 1 fully saturated rings. The second-order valence-corrected chi connectivity index (χ2v) is 6.08. The molecule has 1 amide bonds. The van der Waals surface area contributed by atoms with Crippen molar-refractivity contribution < 1.29 is 4.79 Å². The summed E-state index contributed by atoms with van der Waals surface area (Å²) in [4.78, 5) is 20.6. The molecule has 0 spiro atoms. The van der Waals surface area contributed by atoms with E-state index in [9.17, 15) is 4.79 Å². The first-order valence-corrected chi connectivity index (χ1v) is 8.21. The number of aryl methyl sites for hydroxylation is 1. The Morgan fingerprint density at radius 1 is 1.16 bits per heavy atom. The Morgan fingerprint density at radius 2 is 1.92 bits per heavy atom. The molecule has 2 N–H and O–H groups in total. The number of amides is 1. The number of hydrogen-bond donors (Lipinski definition) is 2. The van der Waals surface area contributed by atoms with Gasteiger partial charge < -0.3 is 10.6 Å². The van der Waals surface area contributed by atoms with Crippen LogP contribution in [0.5, 0.6) is 0 Å². The fraction of sp³-hybridized carbons (Fsp3) is 0.222. The third-order valence-corrected chi connectivity index (χ3v) is 3.94. The first kappa shape index (κ1) is 15.3. The summed E-state index contributed by atoms with van der Waals surface area (Å²) in [7, 11) is 0. The molecule has 2 aromatic heterocycles. The number of hydrogen-bond acceptors (Lipinski definition) is 5. The molecule has 0 unspecified atom stereocenters. The van der Waals surface area contributed by atoms with Gasteiger partial charge in [0.2, 0.25) is 5.91 Å². The van der Waals surface area contributed by atoms with Crippen molar-refractivity contribution in [2.75, 3.05) is 10.6 Å². The standard InChI is InChI=1S/C18H18N6O/c1-12-20-16(11-17(21-12)24-10-2-9-19-24)22-14-5-7-15(8-6-14)23-18(25)13-3-4-13/h2,5-11,13H,3-4H2,1H3,(H,23,25)(H,20,21,22). The zero-order valence-corrected chi connectivity index (χ0v) is 13.8. The topological polar surface area (TPSA) is 84.7 Å². The van der Waals surface area contributed by atoms with Crippen molar-refractivity contribution in [1.29, 1.82) is 0 Å². The van der Waals surface area contributed by atoms with Crippen molar-refractivity contribution in [2.24, 2.45) is 5.92 Å². The Balaban J connectivity index is 1.49. The van der Waals surface area contributed by atoms with E-state index in [0.29, 0.717) is 17.5 Å². The molecular formula is C18H18N6O. The number of nitrogens with zero attached hydrogens (tertiary/aromatic N) is 4. The van der Waals surface area contributed by atoms with E-state index in [0.717, 1.165) is 24.2 Å². The van der Waals surface area contributed by atoms with Crippen molar-refractivity contribution in [3.8, 4) is 5.82 Å². The van der Waals surface area contributed by atoms with Gasteiger partial charge in [0.1, 0.15) is 11.6 Å². The molecule has 1 aliphatic carbocycles. The SMILES string of the molecule is Cc1nc(Nc2ccc(NC(=O)C3CC3)cc2)cc(-n2cccn2)n1. The number of rotatable bonds is 5. The van der Waals surface area contributed by atoms with Gasteiger partial charge >= 0.3 is 0 Å². The molecule has 126 valence electrons. The maximum Gasteiger partial charge on any atom is 0.227 e. The number of aromatic nitrogens is 4. The van der Waals surface area contributed by atoms with Crippen LogP contribution in [0.4, 0.5) is 17.2 Å². The van der Waals surface area contributed by atoms with Gasteiger partial charge in [0.15, 0.2) is 5.82 Å². The molecule has 7 nitrogen and oxygen atoms in total. The predicted octanol–water partition coefficient (Wildman–Crippen LogP) is 3.06. The molecule has 3 aromatic rings. The highest BCUT2D eigenvalue weighted by molar-refractivity contribution is 5.94. The molecule has 25 heavy (non-hydrogen) atoms. The summed E-state index contributed by atoms with van der Waals surface area (Å²) in [5.41, 5.74) is 1.69. The van der Waals surface area contributed by atoms with Crippen LogP contribution >= 0.6 is 0 Å². The lowest BCUT2D eigenvalue weighted by Gasteiger charge is -2.10. The Bertz CT molecular complexity index is 884. The van der Waals surface area contributed by atoms with E-state index in [4.69, 9.17) is 0 Å². The summed E-state index contributed by atoms with van der Waals surface area (Å²) in [6, 6.07) is 11.3. The van der Waals surface area contributed by atoms with Gasteiger partial charge in [-0.05, 0) is 50.1 Å². The maximum atomic E-state index is 11.8. The van der Waals surface area contributed by atoms with Crippen molar-refractivity contribution in [3.63, 3.8) is 0 Å². The second kappa shape index (κ2) is 6.35. The molecule has 4 rings (SSSR count). The smallest absolute Gasteiger partial charge is 0.227 e. The molecule has 1 saturated carbocycles. The lowest BCUT2D eigenvalue weighted by Crippen LogP contribution is -2.13. The summed E-state index contributed by atoms with van der Waals surface area (Å²) >= 11 is 0. The van der Waals surface area contributed by atoms with E-state index in [-0.39, 0.29) is 11.8 Å². The Hall–Kier alpha value is -3.22. The maximum absolute atomic E-state index is 11.8. The van der Waals surface area contributed by atoms with E-state index in [2.05, 4.69) is 25.7 Å². The van der Waals surface area contributed by atoms with Gasteiger partial charge in [-0.3, -0.25) is 4.79 Å². The molecule has 0 saturated heterocycles. The summed E-state index contributed by atoms with van der Waals surface area (Å²) in [5.74, 6) is 2.35. The number of carbonyl (C=O) groups is 1. The van der Waals surface area contributed by atoms with E-state index in [1.54, 1.807) is 10.9 Å². The van der Waals surface area contributed by atoms with Gasteiger partial charge in [0, 0.05) is 35.8 Å². The van der Waals surface area contributed by atoms with E-state index >= 15 is 0 Å². The largest absolute Gasteiger partial charge is 0.340 e. The van der Waals surface area contributed by atoms with Crippen molar-refractivity contribution in [2.45, 2.75) is 19.8 Å². The minimum Gasteiger partial charge on any atom is -0.340 e. The van der Waals surface area contributed by atoms with Crippen molar-refractivity contribution in [3.05, 3.63) is 54.6 Å². The summed E-state index contributed by atoms with van der Waals surface area (Å²) < 4.78 is 1.69. The van der Waals surface area contributed by atoms with Crippen LogP contribution in [-0.2, 0) is 4.79 Å². The average molecular weight is 334 g/mol. The van der Waals surface area contributed by atoms with Crippen LogP contribution in [0.1, 0.15) is 18.7 Å². The number of carbonyl (C=O) groups excluding carboxylic acids is 1. The number of nitrogens with one attached hydrogen (secondary N) is 2. The lowest BCUT2D eigenvalue weighted by atomic mass is 10.2. The van der Waals surface area contributed by atoms with Gasteiger partial charge in [-0.1, -0.05) is 0 Å². The molecule has 0 atom stereocenters. The third-order valence-electron chi connectivity index (χ3n) is 3.94. The molecular weight excluding hydrogens is 316 g/mol. The zero-order chi connectivity index (χ0) is 17.2. The van der Waals surface area contributed by atoms with Crippen LogP contribution in [0.15, 0.2) is 48.8 Å². The summed E-state index contributed by atoms with van der Waals surface area (Å²) in [6.45, 7) is 1.84. The van der Waals surface area contributed by atoms with Crippen LogP contribution in [-0.4, -0.2) is 25.7 Å². The third kappa shape index (κ3) is 3.65. The molecule has 0 radical (unpaired) electrons. The fourth-order valence-electron chi connectivity index (χ4n) is 2.51. The van der Waals surface area contributed by atoms with Crippen LogP contribution in [0.25, 0.3) is 5.82 Å². The van der Waals surface area contributed by atoms with E-state index in [1.807, 2.05) is 49.5 Å². The average Bonchev–Trinajstić information content (AvgIpc) is 3.31. The molecule has 0 bridgehead atoms. The first-order valence-electron chi connectivity index (χ1n) is 8.21. The number of benzene rings is 1. The Morgan fingerprint density at radius 3 is 2.60 bits per heavy atom. The van der Waals surface area contributed by atoms with Crippen LogP contribution < -0.4 is 10.6 Å².